The first kappa shape index (κ1) is 20.2. The Bertz CT molecular complexity index is 1180. The number of aromatic nitrogens is 1. The van der Waals surface area contributed by atoms with Crippen LogP contribution in [0, 0.1) is 17.7 Å². The number of hydrogen-bond acceptors (Lipinski definition) is 4. The third kappa shape index (κ3) is 3.98. The van der Waals surface area contributed by atoms with Crippen LogP contribution in [0.15, 0.2) is 66.7 Å². The van der Waals surface area contributed by atoms with Gasteiger partial charge in [0.25, 0.3) is 0 Å². The van der Waals surface area contributed by atoms with Crippen LogP contribution >= 0.6 is 11.3 Å². The third-order valence-corrected chi connectivity index (χ3v) is 6.62. The lowest BCUT2D eigenvalue weighted by atomic mass is 9.84. The Kier molecular flexibility index (Phi) is 5.64. The molecule has 0 saturated carbocycles. The topological polar surface area (TPSA) is 50.2 Å². The van der Waals surface area contributed by atoms with Gasteiger partial charge >= 0.3 is 0 Å². The molecule has 1 heterocycles. The molecule has 152 valence electrons. The predicted molar refractivity (Wildman–Crippen MR) is 119 cm³/mol. The second-order valence-corrected chi connectivity index (χ2v) is 8.68. The van der Waals surface area contributed by atoms with Crippen molar-refractivity contribution >= 4 is 27.3 Å². The number of carbonyl (C=O) groups is 1. The van der Waals surface area contributed by atoms with Crippen LogP contribution in [-0.4, -0.2) is 15.9 Å². The molecule has 0 aliphatic heterocycles. The maximum absolute atomic E-state index is 14.0. The van der Waals surface area contributed by atoms with Gasteiger partial charge in [0, 0.05) is 5.92 Å². The number of halogens is 1. The fraction of sp³-hybridized carbons (Fsp3) is 0.200. The Hall–Kier alpha value is -3.05. The molecule has 0 spiro atoms. The highest BCUT2D eigenvalue weighted by Crippen LogP contribution is 2.36. The summed E-state index contributed by atoms with van der Waals surface area (Å²) < 4.78 is 15.0. The summed E-state index contributed by atoms with van der Waals surface area (Å²) in [6.07, 6.45) is 0.606. The lowest BCUT2D eigenvalue weighted by molar-refractivity contribution is 0.0889. The highest BCUT2D eigenvalue weighted by atomic mass is 32.1. The summed E-state index contributed by atoms with van der Waals surface area (Å²) in [5.41, 5.74) is 2.67. The van der Waals surface area contributed by atoms with Gasteiger partial charge in [-0.25, -0.2) is 9.37 Å². The molecule has 30 heavy (non-hydrogen) atoms. The summed E-state index contributed by atoms with van der Waals surface area (Å²) in [5.74, 6) is -0.861. The quantitative estimate of drug-likeness (QED) is 0.363. The number of hydrogen-bond donors (Lipinski definition) is 1. The zero-order valence-electron chi connectivity index (χ0n) is 16.8. The molecule has 1 N–H and O–H groups in total. The van der Waals surface area contributed by atoms with Crippen LogP contribution in [0.3, 0.4) is 0 Å². The van der Waals surface area contributed by atoms with Gasteiger partial charge in [0.2, 0.25) is 0 Å². The number of rotatable bonds is 6. The second kappa shape index (κ2) is 8.36. The van der Waals surface area contributed by atoms with Crippen LogP contribution in [0.1, 0.15) is 29.8 Å². The minimum Gasteiger partial charge on any atom is -0.507 e. The largest absolute Gasteiger partial charge is 0.507 e. The summed E-state index contributed by atoms with van der Waals surface area (Å²) in [6, 6.07) is 19.5. The van der Waals surface area contributed by atoms with Crippen molar-refractivity contribution in [2.75, 3.05) is 0 Å². The molecule has 2 atom stereocenters. The number of para-hydroxylation sites is 1. The number of carbonyl (C=O) groups excluding carboxylic acids is 1. The molecular weight excluding hydrogens is 397 g/mol. The number of aromatic hydroxyl groups is 1. The monoisotopic (exact) mass is 419 g/mol. The molecule has 0 radical (unpaired) electrons. The second-order valence-electron chi connectivity index (χ2n) is 7.65. The molecule has 3 aromatic carbocycles. The Morgan fingerprint density at radius 2 is 1.80 bits per heavy atom. The number of phenolic OH excluding ortho intramolecular Hbond substituents is 1. The first-order valence-corrected chi connectivity index (χ1v) is 10.7. The zero-order valence-corrected chi connectivity index (χ0v) is 17.6. The van der Waals surface area contributed by atoms with Crippen LogP contribution < -0.4 is 0 Å². The third-order valence-electron chi connectivity index (χ3n) is 5.55. The summed E-state index contributed by atoms with van der Waals surface area (Å²) in [5, 5.41) is 11.4. The van der Waals surface area contributed by atoms with Crippen molar-refractivity contribution in [3.05, 3.63) is 83.7 Å². The molecule has 2 unspecified atom stereocenters. The highest BCUT2D eigenvalue weighted by Gasteiger charge is 2.24. The van der Waals surface area contributed by atoms with Gasteiger partial charge in [0.15, 0.2) is 5.78 Å². The number of fused-ring (bicyclic) bond motifs is 1. The fourth-order valence-corrected chi connectivity index (χ4v) is 4.59. The number of ketones is 1. The Morgan fingerprint density at radius 1 is 1.07 bits per heavy atom. The van der Waals surface area contributed by atoms with Gasteiger partial charge in [-0.3, -0.25) is 4.79 Å². The van der Waals surface area contributed by atoms with Crippen LogP contribution in [-0.2, 0) is 6.42 Å². The van der Waals surface area contributed by atoms with Crippen molar-refractivity contribution < 1.29 is 14.3 Å². The standard InChI is InChI=1S/C25H22FNO2S/c1-15(16(2)24(29)18-7-3-4-8-20(18)26)13-17-11-12-19(22(28)14-17)25-27-21-9-5-6-10-23(21)30-25/h3-12,14-16,28H,13H2,1-2H3. The van der Waals surface area contributed by atoms with Crippen molar-refractivity contribution in [2.24, 2.45) is 11.8 Å². The summed E-state index contributed by atoms with van der Waals surface area (Å²) in [7, 11) is 0. The van der Waals surface area contributed by atoms with Gasteiger partial charge in [-0.05, 0) is 54.3 Å². The maximum Gasteiger partial charge on any atom is 0.168 e. The van der Waals surface area contributed by atoms with Gasteiger partial charge in [-0.2, -0.15) is 0 Å². The minimum atomic E-state index is -0.487. The van der Waals surface area contributed by atoms with Crippen molar-refractivity contribution in [3.63, 3.8) is 0 Å². The summed E-state index contributed by atoms with van der Waals surface area (Å²) in [4.78, 5) is 17.3. The molecule has 0 aliphatic carbocycles. The van der Waals surface area contributed by atoms with Crippen molar-refractivity contribution in [1.82, 2.24) is 4.98 Å². The number of thiazole rings is 1. The Balaban J connectivity index is 1.51. The molecule has 4 rings (SSSR count). The normalized spacial score (nSPS) is 13.3. The summed E-state index contributed by atoms with van der Waals surface area (Å²) in [6.45, 7) is 3.80. The molecule has 5 heteroatoms. The van der Waals surface area contributed by atoms with E-state index < -0.39 is 5.82 Å². The highest BCUT2D eigenvalue weighted by molar-refractivity contribution is 7.21. The average molecular weight is 420 g/mol. The van der Waals surface area contributed by atoms with Gasteiger partial charge < -0.3 is 5.11 Å². The van der Waals surface area contributed by atoms with E-state index in [1.54, 1.807) is 29.5 Å². The molecule has 0 bridgehead atoms. The van der Waals surface area contributed by atoms with E-state index in [4.69, 9.17) is 0 Å². The van der Waals surface area contributed by atoms with Crippen LogP contribution in [0.5, 0.6) is 5.75 Å². The van der Waals surface area contributed by atoms with E-state index in [1.807, 2.05) is 50.2 Å². The van der Waals surface area contributed by atoms with Crippen molar-refractivity contribution in [3.8, 4) is 16.3 Å². The van der Waals surface area contributed by atoms with Gasteiger partial charge in [0.1, 0.15) is 16.6 Å². The smallest absolute Gasteiger partial charge is 0.168 e. The Morgan fingerprint density at radius 3 is 2.53 bits per heavy atom. The fourth-order valence-electron chi connectivity index (χ4n) is 3.59. The van der Waals surface area contributed by atoms with E-state index in [-0.39, 0.29) is 28.9 Å². The first-order valence-electron chi connectivity index (χ1n) is 9.90. The predicted octanol–water partition coefficient (Wildman–Crippen LogP) is 6.51. The number of phenols is 1. The number of Topliss-reactive ketones (excluding diaryl/α,β-unsaturated/α-hetero) is 1. The summed E-state index contributed by atoms with van der Waals surface area (Å²) >= 11 is 1.54. The average Bonchev–Trinajstić information content (AvgIpc) is 3.17. The molecular formula is C25H22FNO2S. The molecule has 0 fully saturated rings. The molecule has 0 aliphatic rings. The van der Waals surface area contributed by atoms with E-state index in [0.29, 0.717) is 12.0 Å². The van der Waals surface area contributed by atoms with E-state index in [9.17, 15) is 14.3 Å². The maximum atomic E-state index is 14.0. The zero-order chi connectivity index (χ0) is 21.3. The van der Waals surface area contributed by atoms with E-state index >= 15 is 0 Å². The number of benzene rings is 3. The SMILES string of the molecule is CC(Cc1ccc(-c2nc3ccccc3s2)c(O)c1)C(C)C(=O)c1ccccc1F. The lowest BCUT2D eigenvalue weighted by Crippen LogP contribution is -2.21. The Labute approximate surface area is 178 Å². The minimum absolute atomic E-state index is 0.00944. The van der Waals surface area contributed by atoms with Crippen molar-refractivity contribution in [2.45, 2.75) is 20.3 Å². The van der Waals surface area contributed by atoms with Gasteiger partial charge in [-0.1, -0.05) is 44.2 Å². The van der Waals surface area contributed by atoms with Crippen LogP contribution in [0.2, 0.25) is 0 Å². The van der Waals surface area contributed by atoms with Crippen LogP contribution in [0.4, 0.5) is 4.39 Å². The van der Waals surface area contributed by atoms with Crippen molar-refractivity contribution in [1.29, 1.82) is 0 Å². The van der Waals surface area contributed by atoms with E-state index in [0.717, 1.165) is 20.8 Å². The first-order chi connectivity index (χ1) is 14.4. The van der Waals surface area contributed by atoms with Gasteiger partial charge in [-0.15, -0.1) is 11.3 Å². The molecule has 4 aromatic rings. The molecule has 0 amide bonds. The lowest BCUT2D eigenvalue weighted by Gasteiger charge is -2.19. The van der Waals surface area contributed by atoms with E-state index in [1.165, 1.54) is 12.1 Å². The van der Waals surface area contributed by atoms with E-state index in [2.05, 4.69) is 4.98 Å². The van der Waals surface area contributed by atoms with Gasteiger partial charge in [0.05, 0.1) is 21.3 Å². The van der Waals surface area contributed by atoms with Crippen LogP contribution in [0.25, 0.3) is 20.8 Å². The molecule has 1 aromatic heterocycles. The number of nitrogens with zero attached hydrogens (tertiary/aromatic N) is 1. The molecule has 3 nitrogen and oxygen atoms in total. The molecule has 0 saturated heterocycles.